The number of benzene rings is 1. The minimum absolute atomic E-state index is 0.120. The molecule has 1 rings (SSSR count). The molecular weight excluding hydrogens is 251 g/mol. The Balaban J connectivity index is 2.54. The van der Waals surface area contributed by atoms with E-state index >= 15 is 0 Å². The van der Waals surface area contributed by atoms with E-state index in [1.54, 1.807) is 12.1 Å². The Bertz CT molecular complexity index is 379. The molecule has 0 bridgehead atoms. The summed E-state index contributed by atoms with van der Waals surface area (Å²) in [7, 11) is 0. The van der Waals surface area contributed by atoms with Crippen LogP contribution in [-0.2, 0) is 6.42 Å². The summed E-state index contributed by atoms with van der Waals surface area (Å²) in [6.45, 7) is 6.45. The molecule has 18 heavy (non-hydrogen) atoms. The van der Waals surface area contributed by atoms with Gasteiger partial charge in [0.05, 0.1) is 11.1 Å². The van der Waals surface area contributed by atoms with E-state index in [4.69, 9.17) is 11.6 Å². The van der Waals surface area contributed by atoms with Crippen molar-refractivity contribution in [3.8, 4) is 0 Å². The first-order chi connectivity index (χ1) is 8.40. The van der Waals surface area contributed by atoms with Gasteiger partial charge in [0.15, 0.2) is 0 Å². The highest BCUT2D eigenvalue weighted by Gasteiger charge is 2.15. The highest BCUT2D eigenvalue weighted by atomic mass is 35.5. The van der Waals surface area contributed by atoms with Gasteiger partial charge in [0.2, 0.25) is 0 Å². The summed E-state index contributed by atoms with van der Waals surface area (Å²) in [5.41, 5.74) is 0.492. The first-order valence-electron chi connectivity index (χ1n) is 6.51. The van der Waals surface area contributed by atoms with E-state index in [0.717, 1.165) is 6.42 Å². The van der Waals surface area contributed by atoms with Crippen LogP contribution in [-0.4, -0.2) is 11.2 Å². The van der Waals surface area contributed by atoms with Crippen LogP contribution >= 0.6 is 11.6 Å². The van der Waals surface area contributed by atoms with Crippen molar-refractivity contribution < 1.29 is 9.50 Å². The first kappa shape index (κ1) is 15.5. The Morgan fingerprint density at radius 1 is 1.22 bits per heavy atom. The molecule has 0 aliphatic heterocycles. The van der Waals surface area contributed by atoms with Crippen LogP contribution < -0.4 is 0 Å². The molecule has 0 radical (unpaired) electrons. The SMILES string of the molecule is CC(C)CC(C)CC(O)Cc1cccc(Cl)c1F. The van der Waals surface area contributed by atoms with Gasteiger partial charge in [-0.2, -0.15) is 0 Å². The number of aliphatic hydroxyl groups is 1. The molecule has 1 N–H and O–H groups in total. The number of aliphatic hydroxyl groups excluding tert-OH is 1. The van der Waals surface area contributed by atoms with Crippen molar-refractivity contribution in [3.63, 3.8) is 0 Å². The van der Waals surface area contributed by atoms with Gasteiger partial charge in [0, 0.05) is 6.42 Å². The lowest BCUT2D eigenvalue weighted by molar-refractivity contribution is 0.139. The van der Waals surface area contributed by atoms with Crippen LogP contribution in [0.2, 0.25) is 5.02 Å². The van der Waals surface area contributed by atoms with Crippen molar-refractivity contribution in [1.82, 2.24) is 0 Å². The van der Waals surface area contributed by atoms with Gasteiger partial charge in [0.25, 0.3) is 0 Å². The summed E-state index contributed by atoms with van der Waals surface area (Å²) < 4.78 is 13.7. The zero-order chi connectivity index (χ0) is 13.7. The molecule has 1 aromatic rings. The molecule has 0 saturated heterocycles. The molecule has 0 saturated carbocycles. The van der Waals surface area contributed by atoms with Gasteiger partial charge >= 0.3 is 0 Å². The zero-order valence-electron chi connectivity index (χ0n) is 11.3. The van der Waals surface area contributed by atoms with Crippen LogP contribution in [0.15, 0.2) is 18.2 Å². The molecule has 0 amide bonds. The predicted octanol–water partition coefficient (Wildman–Crippen LogP) is 4.45. The Hall–Kier alpha value is -0.600. The molecule has 102 valence electrons. The lowest BCUT2D eigenvalue weighted by Gasteiger charge is -2.18. The van der Waals surface area contributed by atoms with Crippen molar-refractivity contribution in [2.75, 3.05) is 0 Å². The molecule has 0 aliphatic carbocycles. The summed E-state index contributed by atoms with van der Waals surface area (Å²) >= 11 is 5.72. The quantitative estimate of drug-likeness (QED) is 0.811. The molecule has 1 nitrogen and oxygen atoms in total. The fourth-order valence-corrected chi connectivity index (χ4v) is 2.60. The van der Waals surface area contributed by atoms with Crippen LogP contribution in [0.1, 0.15) is 39.2 Å². The summed E-state index contributed by atoms with van der Waals surface area (Å²) in [6, 6.07) is 4.91. The van der Waals surface area contributed by atoms with E-state index < -0.39 is 11.9 Å². The van der Waals surface area contributed by atoms with Crippen LogP contribution in [0.25, 0.3) is 0 Å². The van der Waals surface area contributed by atoms with Crippen molar-refractivity contribution in [2.24, 2.45) is 11.8 Å². The highest BCUT2D eigenvalue weighted by molar-refractivity contribution is 6.30. The highest BCUT2D eigenvalue weighted by Crippen LogP contribution is 2.22. The largest absolute Gasteiger partial charge is 0.393 e. The molecule has 0 heterocycles. The van der Waals surface area contributed by atoms with Crippen LogP contribution in [0.5, 0.6) is 0 Å². The van der Waals surface area contributed by atoms with E-state index in [0.29, 0.717) is 30.2 Å². The summed E-state index contributed by atoms with van der Waals surface area (Å²) in [5.74, 6) is 0.659. The molecule has 0 aromatic heterocycles. The zero-order valence-corrected chi connectivity index (χ0v) is 12.0. The van der Waals surface area contributed by atoms with Crippen LogP contribution in [0.4, 0.5) is 4.39 Å². The summed E-state index contributed by atoms with van der Waals surface area (Å²) in [6.07, 6.45) is 1.60. The van der Waals surface area contributed by atoms with Gasteiger partial charge < -0.3 is 5.11 Å². The van der Waals surface area contributed by atoms with E-state index in [2.05, 4.69) is 20.8 Å². The monoisotopic (exact) mass is 272 g/mol. The van der Waals surface area contributed by atoms with E-state index in [1.807, 2.05) is 0 Å². The normalized spacial score (nSPS) is 14.8. The molecule has 0 aliphatic rings. The molecule has 3 heteroatoms. The lowest BCUT2D eigenvalue weighted by atomic mass is 9.91. The number of halogens is 2. The lowest BCUT2D eigenvalue weighted by Crippen LogP contribution is -2.16. The number of hydrogen-bond acceptors (Lipinski definition) is 1. The molecule has 0 spiro atoms. The maximum absolute atomic E-state index is 13.7. The number of rotatable bonds is 6. The third kappa shape index (κ3) is 4.95. The Morgan fingerprint density at radius 3 is 2.50 bits per heavy atom. The van der Waals surface area contributed by atoms with E-state index in [1.165, 1.54) is 6.07 Å². The Labute approximate surface area is 114 Å². The average molecular weight is 273 g/mol. The van der Waals surface area contributed by atoms with Gasteiger partial charge in [-0.05, 0) is 36.3 Å². The van der Waals surface area contributed by atoms with Gasteiger partial charge in [-0.25, -0.2) is 4.39 Å². The average Bonchev–Trinajstić information content (AvgIpc) is 2.23. The molecule has 2 unspecified atom stereocenters. The van der Waals surface area contributed by atoms with Gasteiger partial charge in [-0.3, -0.25) is 0 Å². The summed E-state index contributed by atoms with van der Waals surface area (Å²) in [4.78, 5) is 0. The van der Waals surface area contributed by atoms with Crippen molar-refractivity contribution in [2.45, 2.75) is 46.1 Å². The van der Waals surface area contributed by atoms with Crippen LogP contribution in [0, 0.1) is 17.7 Å². The molecule has 2 atom stereocenters. The third-order valence-corrected chi connectivity index (χ3v) is 3.33. The van der Waals surface area contributed by atoms with Gasteiger partial charge in [-0.1, -0.05) is 44.5 Å². The van der Waals surface area contributed by atoms with E-state index in [9.17, 15) is 9.50 Å². The standard InChI is InChI=1S/C15H22ClFO/c1-10(2)7-11(3)8-13(18)9-12-5-4-6-14(16)15(12)17/h4-6,10-11,13,18H,7-9H2,1-3H3. The Kier molecular flexibility index (Phi) is 6.10. The molecule has 0 fully saturated rings. The first-order valence-corrected chi connectivity index (χ1v) is 6.88. The van der Waals surface area contributed by atoms with Gasteiger partial charge in [-0.15, -0.1) is 0 Å². The third-order valence-electron chi connectivity index (χ3n) is 3.04. The molecule has 1 aromatic carbocycles. The Morgan fingerprint density at radius 2 is 1.89 bits per heavy atom. The maximum Gasteiger partial charge on any atom is 0.145 e. The fraction of sp³-hybridized carbons (Fsp3) is 0.600. The van der Waals surface area contributed by atoms with Crippen molar-refractivity contribution >= 4 is 11.6 Å². The number of hydrogen-bond donors (Lipinski definition) is 1. The smallest absolute Gasteiger partial charge is 0.145 e. The summed E-state index contributed by atoms with van der Waals surface area (Å²) in [5, 5.41) is 10.1. The fourth-order valence-electron chi connectivity index (χ4n) is 2.41. The second-order valence-electron chi connectivity index (χ2n) is 5.54. The van der Waals surface area contributed by atoms with Gasteiger partial charge in [0.1, 0.15) is 5.82 Å². The maximum atomic E-state index is 13.7. The topological polar surface area (TPSA) is 20.2 Å². The van der Waals surface area contributed by atoms with E-state index in [-0.39, 0.29) is 5.02 Å². The second kappa shape index (κ2) is 7.10. The second-order valence-corrected chi connectivity index (χ2v) is 5.95. The minimum Gasteiger partial charge on any atom is -0.393 e. The van der Waals surface area contributed by atoms with Crippen molar-refractivity contribution in [1.29, 1.82) is 0 Å². The van der Waals surface area contributed by atoms with Crippen molar-refractivity contribution in [3.05, 3.63) is 34.6 Å². The molecular formula is C15H22ClFO. The predicted molar refractivity (Wildman–Crippen MR) is 74.4 cm³/mol. The minimum atomic E-state index is -0.508. The van der Waals surface area contributed by atoms with Crippen LogP contribution in [0.3, 0.4) is 0 Å².